The van der Waals surface area contributed by atoms with Gasteiger partial charge in [0.2, 0.25) is 5.91 Å². The van der Waals surface area contributed by atoms with Gasteiger partial charge in [0, 0.05) is 38.6 Å². The fourth-order valence-electron chi connectivity index (χ4n) is 4.41. The quantitative estimate of drug-likeness (QED) is 0.860. The summed E-state index contributed by atoms with van der Waals surface area (Å²) in [7, 11) is 0. The highest BCUT2D eigenvalue weighted by Gasteiger charge is 2.28. The number of carbonyl (C=O) groups excluding carboxylic acids is 1. The minimum atomic E-state index is 0.383. The van der Waals surface area contributed by atoms with Gasteiger partial charge in [-0.3, -0.25) is 4.79 Å². The molecule has 0 aromatic carbocycles. The molecule has 2 saturated heterocycles. The average molecular weight is 293 g/mol. The van der Waals surface area contributed by atoms with Crippen LogP contribution in [0.5, 0.6) is 0 Å². The van der Waals surface area contributed by atoms with Gasteiger partial charge in [-0.05, 0) is 63.3 Å². The molecule has 0 aromatic heterocycles. The molecule has 1 amide bonds. The number of likely N-dealkylation sites (tertiary alicyclic amines) is 2. The Labute approximate surface area is 129 Å². The highest BCUT2D eigenvalue weighted by atomic mass is 16.2. The maximum atomic E-state index is 11.8. The standard InChI is InChI=1S/C17H31N3O/c18-16-7-5-14(6-8-16)11-19-9-1-3-15(12-19)13-20-10-2-4-17(20)21/h14-16H,1-13,18H2. The van der Waals surface area contributed by atoms with Gasteiger partial charge in [0.15, 0.2) is 0 Å². The Morgan fingerprint density at radius 2 is 1.76 bits per heavy atom. The Morgan fingerprint density at radius 1 is 0.952 bits per heavy atom. The lowest BCUT2D eigenvalue weighted by Crippen LogP contribution is -2.43. The first-order valence-corrected chi connectivity index (χ1v) is 8.96. The molecule has 0 bridgehead atoms. The van der Waals surface area contributed by atoms with Gasteiger partial charge in [-0.2, -0.15) is 0 Å². The van der Waals surface area contributed by atoms with E-state index in [4.69, 9.17) is 5.73 Å². The molecule has 1 aliphatic carbocycles. The third-order valence-corrected chi connectivity index (χ3v) is 5.66. The largest absolute Gasteiger partial charge is 0.342 e. The predicted octanol–water partition coefficient (Wildman–Crippen LogP) is 1.84. The molecule has 4 nitrogen and oxygen atoms in total. The molecule has 120 valence electrons. The number of nitrogens with zero attached hydrogens (tertiary/aromatic N) is 2. The minimum Gasteiger partial charge on any atom is -0.342 e. The number of hydrogen-bond acceptors (Lipinski definition) is 3. The Balaban J connectivity index is 1.43. The van der Waals surface area contributed by atoms with E-state index in [0.29, 0.717) is 17.9 Å². The number of amides is 1. The van der Waals surface area contributed by atoms with Crippen molar-refractivity contribution in [3.8, 4) is 0 Å². The van der Waals surface area contributed by atoms with Crippen LogP contribution < -0.4 is 5.73 Å². The molecule has 3 fully saturated rings. The van der Waals surface area contributed by atoms with Crippen molar-refractivity contribution in [1.82, 2.24) is 9.80 Å². The Kier molecular flexibility index (Phi) is 5.17. The minimum absolute atomic E-state index is 0.383. The number of carbonyl (C=O) groups is 1. The lowest BCUT2D eigenvalue weighted by atomic mass is 9.85. The van der Waals surface area contributed by atoms with Crippen molar-refractivity contribution < 1.29 is 4.79 Å². The highest BCUT2D eigenvalue weighted by molar-refractivity contribution is 5.78. The van der Waals surface area contributed by atoms with Crippen molar-refractivity contribution >= 4 is 5.91 Å². The van der Waals surface area contributed by atoms with Crippen LogP contribution in [-0.4, -0.2) is 54.5 Å². The molecule has 2 heterocycles. The van der Waals surface area contributed by atoms with Crippen molar-refractivity contribution in [2.45, 2.75) is 57.4 Å². The van der Waals surface area contributed by atoms with Gasteiger partial charge in [0.25, 0.3) is 0 Å². The molecular weight excluding hydrogens is 262 g/mol. The number of hydrogen-bond donors (Lipinski definition) is 1. The summed E-state index contributed by atoms with van der Waals surface area (Å²) in [4.78, 5) is 16.5. The molecule has 3 aliphatic rings. The van der Waals surface area contributed by atoms with Gasteiger partial charge in [0.05, 0.1) is 0 Å². The van der Waals surface area contributed by atoms with E-state index in [2.05, 4.69) is 9.80 Å². The number of piperidine rings is 1. The summed E-state index contributed by atoms with van der Waals surface area (Å²) < 4.78 is 0. The van der Waals surface area contributed by atoms with Gasteiger partial charge < -0.3 is 15.5 Å². The van der Waals surface area contributed by atoms with Crippen LogP contribution in [0.4, 0.5) is 0 Å². The Hall–Kier alpha value is -0.610. The monoisotopic (exact) mass is 293 g/mol. The smallest absolute Gasteiger partial charge is 0.222 e. The molecule has 4 heteroatoms. The van der Waals surface area contributed by atoms with Crippen molar-refractivity contribution in [3.05, 3.63) is 0 Å². The summed E-state index contributed by atoms with van der Waals surface area (Å²) in [6, 6.07) is 0.455. The van der Waals surface area contributed by atoms with Crippen LogP contribution in [-0.2, 0) is 4.79 Å². The lowest BCUT2D eigenvalue weighted by Gasteiger charge is -2.37. The van der Waals surface area contributed by atoms with Crippen LogP contribution in [0.1, 0.15) is 51.4 Å². The van der Waals surface area contributed by atoms with Gasteiger partial charge >= 0.3 is 0 Å². The van der Waals surface area contributed by atoms with Crippen LogP contribution in [0.25, 0.3) is 0 Å². The van der Waals surface area contributed by atoms with E-state index < -0.39 is 0 Å². The number of rotatable bonds is 4. The highest BCUT2D eigenvalue weighted by Crippen LogP contribution is 2.26. The summed E-state index contributed by atoms with van der Waals surface area (Å²) in [6.45, 7) is 5.72. The fraction of sp³-hybridized carbons (Fsp3) is 0.941. The molecule has 0 radical (unpaired) electrons. The van der Waals surface area contributed by atoms with E-state index in [1.54, 1.807) is 0 Å². The van der Waals surface area contributed by atoms with Crippen LogP contribution in [0.15, 0.2) is 0 Å². The molecule has 1 saturated carbocycles. The van der Waals surface area contributed by atoms with Crippen LogP contribution >= 0.6 is 0 Å². The van der Waals surface area contributed by atoms with Crippen molar-refractivity contribution in [1.29, 1.82) is 0 Å². The van der Waals surface area contributed by atoms with E-state index >= 15 is 0 Å². The summed E-state index contributed by atoms with van der Waals surface area (Å²) in [5.41, 5.74) is 6.01. The second kappa shape index (κ2) is 7.10. The van der Waals surface area contributed by atoms with Gasteiger partial charge in [-0.15, -0.1) is 0 Å². The fourth-order valence-corrected chi connectivity index (χ4v) is 4.41. The molecular formula is C17H31N3O. The summed E-state index contributed by atoms with van der Waals surface area (Å²) in [5, 5.41) is 0. The predicted molar refractivity (Wildman–Crippen MR) is 84.9 cm³/mol. The first-order chi connectivity index (χ1) is 10.2. The molecule has 1 unspecified atom stereocenters. The van der Waals surface area contributed by atoms with Crippen molar-refractivity contribution in [2.75, 3.05) is 32.7 Å². The molecule has 2 aliphatic heterocycles. The molecule has 0 aromatic rings. The average Bonchev–Trinajstić information content (AvgIpc) is 2.87. The van der Waals surface area contributed by atoms with Gasteiger partial charge in [0.1, 0.15) is 0 Å². The van der Waals surface area contributed by atoms with Crippen molar-refractivity contribution in [3.63, 3.8) is 0 Å². The molecule has 1 atom stereocenters. The molecule has 3 rings (SSSR count). The second-order valence-electron chi connectivity index (χ2n) is 7.49. The molecule has 0 spiro atoms. The maximum Gasteiger partial charge on any atom is 0.222 e. The zero-order valence-corrected chi connectivity index (χ0v) is 13.3. The normalized spacial score (nSPS) is 35.4. The van der Waals surface area contributed by atoms with E-state index in [1.807, 2.05) is 0 Å². The van der Waals surface area contributed by atoms with Gasteiger partial charge in [-0.1, -0.05) is 0 Å². The maximum absolute atomic E-state index is 11.8. The van der Waals surface area contributed by atoms with E-state index in [1.165, 1.54) is 58.2 Å². The summed E-state index contributed by atoms with van der Waals surface area (Å²) >= 11 is 0. The van der Waals surface area contributed by atoms with Crippen LogP contribution in [0.2, 0.25) is 0 Å². The third kappa shape index (κ3) is 4.19. The summed E-state index contributed by atoms with van der Waals surface area (Å²) in [6.07, 6.45) is 9.50. The Bertz CT molecular complexity index is 352. The lowest BCUT2D eigenvalue weighted by molar-refractivity contribution is -0.128. The zero-order valence-electron chi connectivity index (χ0n) is 13.3. The van der Waals surface area contributed by atoms with Crippen LogP contribution in [0.3, 0.4) is 0 Å². The SMILES string of the molecule is NC1CCC(CN2CCCC(CN3CCCC3=O)C2)CC1. The second-order valence-corrected chi connectivity index (χ2v) is 7.49. The first kappa shape index (κ1) is 15.3. The zero-order chi connectivity index (χ0) is 14.7. The topological polar surface area (TPSA) is 49.6 Å². The number of nitrogens with two attached hydrogens (primary N) is 1. The first-order valence-electron chi connectivity index (χ1n) is 8.96. The molecule has 21 heavy (non-hydrogen) atoms. The summed E-state index contributed by atoms with van der Waals surface area (Å²) in [5.74, 6) is 1.94. The van der Waals surface area contributed by atoms with E-state index in [9.17, 15) is 4.79 Å². The third-order valence-electron chi connectivity index (χ3n) is 5.66. The van der Waals surface area contributed by atoms with E-state index in [0.717, 1.165) is 31.8 Å². The Morgan fingerprint density at radius 3 is 2.48 bits per heavy atom. The van der Waals surface area contributed by atoms with Gasteiger partial charge in [-0.25, -0.2) is 0 Å². The van der Waals surface area contributed by atoms with Crippen molar-refractivity contribution in [2.24, 2.45) is 17.6 Å². The molecule has 2 N–H and O–H groups in total. The van der Waals surface area contributed by atoms with E-state index in [-0.39, 0.29) is 0 Å². The van der Waals surface area contributed by atoms with Crippen LogP contribution in [0, 0.1) is 11.8 Å².